The van der Waals surface area contributed by atoms with E-state index < -0.39 is 6.10 Å². The largest absolute Gasteiger partial charge is 0.467 e. The molecule has 1 aromatic rings. The van der Waals surface area contributed by atoms with E-state index in [1.807, 2.05) is 20.8 Å². The van der Waals surface area contributed by atoms with Crippen molar-refractivity contribution in [3.8, 4) is 0 Å². The molecule has 1 unspecified atom stereocenters. The van der Waals surface area contributed by atoms with Gasteiger partial charge in [-0.1, -0.05) is 20.8 Å². The molecule has 0 spiro atoms. The molecule has 1 atom stereocenters. The van der Waals surface area contributed by atoms with Crippen molar-refractivity contribution >= 4 is 18.3 Å². The molecule has 1 heterocycles. The van der Waals surface area contributed by atoms with Crippen LogP contribution in [0.25, 0.3) is 0 Å². The van der Waals surface area contributed by atoms with E-state index in [0.29, 0.717) is 17.7 Å². The molecule has 0 bridgehead atoms. The summed E-state index contributed by atoms with van der Waals surface area (Å²) in [6.07, 6.45) is 1.45. The summed E-state index contributed by atoms with van der Waals surface area (Å²) in [5.41, 5.74) is 5.85. The molecule has 0 aliphatic heterocycles. The minimum Gasteiger partial charge on any atom is -0.467 e. The lowest BCUT2D eigenvalue weighted by molar-refractivity contribution is 0.0868. The Balaban J connectivity index is 0.00000324. The van der Waals surface area contributed by atoms with Crippen LogP contribution in [0.15, 0.2) is 16.7 Å². The van der Waals surface area contributed by atoms with Gasteiger partial charge in [-0.25, -0.2) is 0 Å². The second kappa shape index (κ2) is 7.53. The van der Waals surface area contributed by atoms with E-state index in [1.165, 1.54) is 6.26 Å². The Morgan fingerprint density at radius 2 is 2.16 bits per heavy atom. The molecular formula is C13H23ClN2O3. The number of carbonyl (C=O) groups is 1. The molecular weight excluding hydrogens is 268 g/mol. The molecule has 0 radical (unpaired) electrons. The van der Waals surface area contributed by atoms with Crippen molar-refractivity contribution in [2.24, 2.45) is 11.1 Å². The summed E-state index contributed by atoms with van der Waals surface area (Å²) in [5, 5.41) is 12.4. The Morgan fingerprint density at radius 3 is 2.63 bits per heavy atom. The summed E-state index contributed by atoms with van der Waals surface area (Å²) in [6.45, 7) is 6.63. The first-order valence-corrected chi connectivity index (χ1v) is 6.05. The fourth-order valence-electron chi connectivity index (χ4n) is 1.70. The van der Waals surface area contributed by atoms with Gasteiger partial charge in [0.05, 0.1) is 18.2 Å². The van der Waals surface area contributed by atoms with Gasteiger partial charge in [0.2, 0.25) is 0 Å². The summed E-state index contributed by atoms with van der Waals surface area (Å²) in [5.74, 6) is 0.307. The third-order valence-electron chi connectivity index (χ3n) is 2.46. The summed E-state index contributed by atoms with van der Waals surface area (Å²) >= 11 is 0. The van der Waals surface area contributed by atoms with Crippen LogP contribution in [-0.4, -0.2) is 23.7 Å². The number of amides is 1. The highest BCUT2D eigenvalue weighted by molar-refractivity contribution is 5.93. The highest BCUT2D eigenvalue weighted by Gasteiger charge is 2.18. The second-order valence-corrected chi connectivity index (χ2v) is 5.63. The summed E-state index contributed by atoms with van der Waals surface area (Å²) < 4.78 is 5.07. The smallest absolute Gasteiger partial charge is 0.254 e. The van der Waals surface area contributed by atoms with Crippen molar-refractivity contribution in [2.75, 3.05) is 6.54 Å². The zero-order chi connectivity index (χ0) is 13.8. The lowest BCUT2D eigenvalue weighted by Gasteiger charge is -2.22. The predicted octanol–water partition coefficient (Wildman–Crippen LogP) is 1.69. The van der Waals surface area contributed by atoms with Gasteiger partial charge in [-0.15, -0.1) is 12.4 Å². The SMILES string of the molecule is CC(C)(C)CC(O)CNC(=O)c1coc(CN)c1.Cl. The Morgan fingerprint density at radius 1 is 1.53 bits per heavy atom. The molecule has 1 amide bonds. The molecule has 19 heavy (non-hydrogen) atoms. The number of furan rings is 1. The number of nitrogens with one attached hydrogen (secondary N) is 1. The fourth-order valence-corrected chi connectivity index (χ4v) is 1.70. The lowest BCUT2D eigenvalue weighted by atomic mass is 9.89. The van der Waals surface area contributed by atoms with Gasteiger partial charge in [0.1, 0.15) is 12.0 Å². The zero-order valence-corrected chi connectivity index (χ0v) is 12.4. The third-order valence-corrected chi connectivity index (χ3v) is 2.46. The number of aliphatic hydroxyl groups is 1. The topological polar surface area (TPSA) is 88.5 Å². The number of carbonyl (C=O) groups excluding carboxylic acids is 1. The normalized spacial score (nSPS) is 12.7. The highest BCUT2D eigenvalue weighted by atomic mass is 35.5. The van der Waals surface area contributed by atoms with Crippen LogP contribution in [0.3, 0.4) is 0 Å². The van der Waals surface area contributed by atoms with Crippen LogP contribution in [-0.2, 0) is 6.54 Å². The van der Waals surface area contributed by atoms with E-state index in [4.69, 9.17) is 10.2 Å². The van der Waals surface area contributed by atoms with Crippen molar-refractivity contribution < 1.29 is 14.3 Å². The van der Waals surface area contributed by atoms with Gasteiger partial charge in [0, 0.05) is 6.54 Å². The molecule has 6 heteroatoms. The number of halogens is 1. The van der Waals surface area contributed by atoms with Crippen LogP contribution in [0.2, 0.25) is 0 Å². The van der Waals surface area contributed by atoms with Gasteiger partial charge in [0.15, 0.2) is 0 Å². The van der Waals surface area contributed by atoms with Gasteiger partial charge < -0.3 is 20.6 Å². The van der Waals surface area contributed by atoms with Gasteiger partial charge in [-0.05, 0) is 17.9 Å². The summed E-state index contributed by atoms with van der Waals surface area (Å²) in [6, 6.07) is 1.60. The van der Waals surface area contributed by atoms with Gasteiger partial charge >= 0.3 is 0 Å². The first kappa shape index (κ1) is 18.0. The van der Waals surface area contributed by atoms with Crippen LogP contribution in [0, 0.1) is 5.41 Å². The standard InChI is InChI=1S/C13H22N2O3.ClH/c1-13(2,3)5-10(16)7-15-12(17)9-4-11(6-14)18-8-9;/h4,8,10,16H,5-7,14H2,1-3H3,(H,15,17);1H. The van der Waals surface area contributed by atoms with Crippen LogP contribution < -0.4 is 11.1 Å². The van der Waals surface area contributed by atoms with E-state index in [-0.39, 0.29) is 36.8 Å². The minimum atomic E-state index is -0.546. The first-order chi connectivity index (χ1) is 8.31. The van der Waals surface area contributed by atoms with Gasteiger partial charge in [0.25, 0.3) is 5.91 Å². The summed E-state index contributed by atoms with van der Waals surface area (Å²) in [7, 11) is 0. The van der Waals surface area contributed by atoms with E-state index in [1.54, 1.807) is 6.07 Å². The van der Waals surface area contributed by atoms with Crippen molar-refractivity contribution in [3.05, 3.63) is 23.7 Å². The number of nitrogens with two attached hydrogens (primary N) is 1. The van der Waals surface area contributed by atoms with Crippen molar-refractivity contribution in [1.29, 1.82) is 0 Å². The van der Waals surface area contributed by atoms with Crippen molar-refractivity contribution in [1.82, 2.24) is 5.32 Å². The molecule has 5 nitrogen and oxygen atoms in total. The zero-order valence-electron chi connectivity index (χ0n) is 11.6. The quantitative estimate of drug-likeness (QED) is 0.770. The van der Waals surface area contributed by atoms with E-state index >= 15 is 0 Å². The van der Waals surface area contributed by atoms with Crippen LogP contribution in [0.1, 0.15) is 43.3 Å². The average molecular weight is 291 g/mol. The van der Waals surface area contributed by atoms with E-state index in [0.717, 1.165) is 0 Å². The summed E-state index contributed by atoms with van der Waals surface area (Å²) in [4.78, 5) is 11.7. The second-order valence-electron chi connectivity index (χ2n) is 5.63. The maximum absolute atomic E-state index is 11.7. The molecule has 1 aromatic heterocycles. The highest BCUT2D eigenvalue weighted by Crippen LogP contribution is 2.20. The van der Waals surface area contributed by atoms with E-state index in [9.17, 15) is 9.90 Å². The van der Waals surface area contributed by atoms with Crippen LogP contribution in [0.4, 0.5) is 0 Å². The number of hydrogen-bond donors (Lipinski definition) is 3. The monoisotopic (exact) mass is 290 g/mol. The molecule has 0 aliphatic carbocycles. The number of rotatable bonds is 5. The average Bonchev–Trinajstić information content (AvgIpc) is 2.72. The number of aliphatic hydroxyl groups excluding tert-OH is 1. The maximum Gasteiger partial charge on any atom is 0.254 e. The third kappa shape index (κ3) is 6.61. The van der Waals surface area contributed by atoms with Crippen molar-refractivity contribution in [3.63, 3.8) is 0 Å². The molecule has 0 saturated heterocycles. The fraction of sp³-hybridized carbons (Fsp3) is 0.615. The van der Waals surface area contributed by atoms with Gasteiger partial charge in [-0.3, -0.25) is 4.79 Å². The Kier molecular flexibility index (Phi) is 7.11. The van der Waals surface area contributed by atoms with Crippen LogP contribution in [0.5, 0.6) is 0 Å². The Bertz CT molecular complexity index is 399. The Labute approximate surface area is 120 Å². The molecule has 0 aliphatic rings. The van der Waals surface area contributed by atoms with Crippen LogP contribution >= 0.6 is 12.4 Å². The predicted molar refractivity (Wildman–Crippen MR) is 76.3 cm³/mol. The maximum atomic E-state index is 11.7. The molecule has 0 aromatic carbocycles. The van der Waals surface area contributed by atoms with E-state index in [2.05, 4.69) is 5.32 Å². The molecule has 1 rings (SSSR count). The first-order valence-electron chi connectivity index (χ1n) is 6.05. The molecule has 4 N–H and O–H groups in total. The lowest BCUT2D eigenvalue weighted by Crippen LogP contribution is -2.34. The number of hydrogen-bond acceptors (Lipinski definition) is 4. The van der Waals surface area contributed by atoms with Gasteiger partial charge in [-0.2, -0.15) is 0 Å². The molecule has 0 saturated carbocycles. The molecule has 0 fully saturated rings. The Hall–Kier alpha value is -1.04. The minimum absolute atomic E-state index is 0. The molecule has 110 valence electrons. The van der Waals surface area contributed by atoms with Crippen molar-refractivity contribution in [2.45, 2.75) is 39.8 Å².